The van der Waals surface area contributed by atoms with Crippen LogP contribution >= 0.6 is 0 Å². The van der Waals surface area contributed by atoms with Crippen molar-refractivity contribution in [2.75, 3.05) is 33.0 Å². The van der Waals surface area contributed by atoms with Crippen LogP contribution < -0.4 is 19.1 Å². The van der Waals surface area contributed by atoms with E-state index < -0.39 is 11.9 Å². The normalized spacial score (nSPS) is 10.4. The van der Waals surface area contributed by atoms with Crippen LogP contribution in [0.2, 0.25) is 0 Å². The number of ether oxygens (including phenoxy) is 4. The molecule has 0 aliphatic carbocycles. The predicted molar refractivity (Wildman–Crippen MR) is 158 cm³/mol. The summed E-state index contributed by atoms with van der Waals surface area (Å²) in [6, 6.07) is 19.1. The highest BCUT2D eigenvalue weighted by molar-refractivity contribution is 5.91. The second kappa shape index (κ2) is 18.7. The van der Waals surface area contributed by atoms with Gasteiger partial charge in [0, 0.05) is 18.9 Å². The Kier molecular flexibility index (Phi) is 14.3. The summed E-state index contributed by atoms with van der Waals surface area (Å²) in [4.78, 5) is 44.3. The van der Waals surface area contributed by atoms with E-state index in [9.17, 15) is 9.59 Å². The van der Waals surface area contributed by atoms with E-state index in [1.54, 1.807) is 48.5 Å². The van der Waals surface area contributed by atoms with Gasteiger partial charge in [0.15, 0.2) is 5.75 Å². The first-order valence-corrected chi connectivity index (χ1v) is 13.7. The van der Waals surface area contributed by atoms with Crippen LogP contribution in [0.3, 0.4) is 0 Å². The van der Waals surface area contributed by atoms with Crippen molar-refractivity contribution in [3.8, 4) is 23.0 Å². The van der Waals surface area contributed by atoms with Crippen LogP contribution in [0.5, 0.6) is 23.0 Å². The summed E-state index contributed by atoms with van der Waals surface area (Å²) >= 11 is 0. The maximum atomic E-state index is 12.6. The van der Waals surface area contributed by atoms with Crippen LogP contribution in [-0.4, -0.2) is 45.0 Å². The van der Waals surface area contributed by atoms with Crippen molar-refractivity contribution in [3.63, 3.8) is 0 Å². The van der Waals surface area contributed by atoms with Gasteiger partial charge >= 0.3 is 11.9 Å². The predicted octanol–water partition coefficient (Wildman–Crippen LogP) is 6.13. The van der Waals surface area contributed by atoms with E-state index in [1.807, 2.05) is 31.2 Å². The molecule has 0 amide bonds. The number of rotatable bonds is 20. The van der Waals surface area contributed by atoms with Gasteiger partial charge in [0.1, 0.15) is 30.5 Å². The van der Waals surface area contributed by atoms with Gasteiger partial charge in [-0.3, -0.25) is 0 Å². The van der Waals surface area contributed by atoms with Crippen LogP contribution in [-0.2, 0) is 30.8 Å². The van der Waals surface area contributed by atoms with Crippen LogP contribution in [0.15, 0.2) is 92.0 Å². The fraction of sp³-hybridized carbons (Fsp3) is 0.273. The molecule has 0 bridgehead atoms. The van der Waals surface area contributed by atoms with Gasteiger partial charge in [-0.2, -0.15) is 4.89 Å². The Bertz CT molecular complexity index is 1300. The largest absolute Gasteiger partial charge is 0.494 e. The Morgan fingerprint density at radius 1 is 0.744 bits per heavy atom. The molecule has 0 atom stereocenters. The molecule has 0 heterocycles. The van der Waals surface area contributed by atoms with Gasteiger partial charge in [-0.15, -0.1) is 6.58 Å². The van der Waals surface area contributed by atoms with Crippen LogP contribution in [0.25, 0.3) is 0 Å². The van der Waals surface area contributed by atoms with Gasteiger partial charge in [-0.1, -0.05) is 24.8 Å². The van der Waals surface area contributed by atoms with E-state index in [2.05, 4.69) is 13.2 Å². The zero-order valence-corrected chi connectivity index (χ0v) is 24.2. The summed E-state index contributed by atoms with van der Waals surface area (Å²) in [5.41, 5.74) is 2.01. The average molecular weight is 593 g/mol. The molecular weight excluding hydrogens is 556 g/mol. The van der Waals surface area contributed by atoms with Crippen molar-refractivity contribution in [2.45, 2.75) is 26.4 Å². The van der Waals surface area contributed by atoms with Gasteiger partial charge in [0.05, 0.1) is 32.0 Å². The molecule has 10 heteroatoms. The monoisotopic (exact) mass is 592 g/mol. The molecule has 0 fully saturated rings. The number of esters is 2. The number of carbonyl (C=O) groups excluding carboxylic acids is 2. The molecule has 0 saturated carbocycles. The van der Waals surface area contributed by atoms with Crippen LogP contribution in [0.1, 0.15) is 34.3 Å². The number of carbonyl (C=O) groups is 2. The molecule has 0 aliphatic rings. The molecule has 0 aromatic heterocycles. The summed E-state index contributed by atoms with van der Waals surface area (Å²) in [7, 11) is 0. The molecule has 0 aliphatic heterocycles. The van der Waals surface area contributed by atoms with Crippen molar-refractivity contribution < 1.29 is 48.1 Å². The highest BCUT2D eigenvalue weighted by atomic mass is 17.2. The van der Waals surface area contributed by atoms with E-state index in [-0.39, 0.29) is 13.2 Å². The molecule has 3 aromatic carbocycles. The molecule has 0 radical (unpaired) electrons. The van der Waals surface area contributed by atoms with Crippen molar-refractivity contribution in [2.24, 2.45) is 0 Å². The van der Waals surface area contributed by atoms with Crippen molar-refractivity contribution in [1.29, 1.82) is 0 Å². The van der Waals surface area contributed by atoms with Gasteiger partial charge in [0.2, 0.25) is 0 Å². The summed E-state index contributed by atoms with van der Waals surface area (Å²) in [5.74, 6) is 1.22. The SMILES string of the molecule is C=CCOOCCCOc1ccc(COOc2ccc(OC(=O)c3ccc(OCCCOC(=O)C=C)cc3)cc2C)cc1. The molecular formula is C33H36O10. The molecule has 10 nitrogen and oxygen atoms in total. The minimum Gasteiger partial charge on any atom is -0.494 e. The molecule has 3 rings (SSSR count). The number of hydrogen-bond donors (Lipinski definition) is 0. The van der Waals surface area contributed by atoms with Crippen LogP contribution in [0.4, 0.5) is 0 Å². The van der Waals surface area contributed by atoms with E-state index in [4.69, 9.17) is 38.5 Å². The summed E-state index contributed by atoms with van der Waals surface area (Å²) in [5, 5.41) is 0. The zero-order valence-electron chi connectivity index (χ0n) is 24.2. The lowest BCUT2D eigenvalue weighted by atomic mass is 10.2. The lowest BCUT2D eigenvalue weighted by molar-refractivity contribution is -0.287. The molecule has 0 spiro atoms. The van der Waals surface area contributed by atoms with Crippen LogP contribution in [0, 0.1) is 6.92 Å². The number of benzene rings is 3. The van der Waals surface area contributed by atoms with Crippen molar-refractivity contribution in [1.82, 2.24) is 0 Å². The van der Waals surface area contributed by atoms with E-state index >= 15 is 0 Å². The first kappa shape index (κ1) is 32.9. The third kappa shape index (κ3) is 12.4. The Morgan fingerprint density at radius 2 is 1.40 bits per heavy atom. The van der Waals surface area contributed by atoms with E-state index in [0.717, 1.165) is 23.0 Å². The fourth-order valence-corrected chi connectivity index (χ4v) is 3.42. The fourth-order valence-electron chi connectivity index (χ4n) is 3.42. The minimum atomic E-state index is -0.509. The first-order chi connectivity index (χ1) is 21.0. The van der Waals surface area contributed by atoms with Gasteiger partial charge in [-0.05, 0) is 72.6 Å². The average Bonchev–Trinajstić information content (AvgIpc) is 3.02. The third-order valence-corrected chi connectivity index (χ3v) is 5.62. The van der Waals surface area contributed by atoms with Crippen molar-refractivity contribution >= 4 is 11.9 Å². The minimum absolute atomic E-state index is 0.230. The Morgan fingerprint density at radius 3 is 2.05 bits per heavy atom. The summed E-state index contributed by atoms with van der Waals surface area (Å²) in [6.07, 6.45) is 3.94. The molecule has 0 saturated heterocycles. The Balaban J connectivity index is 1.36. The summed E-state index contributed by atoms with van der Waals surface area (Å²) in [6.45, 7) is 10.8. The number of aryl methyl sites for hydroxylation is 1. The lowest BCUT2D eigenvalue weighted by Gasteiger charge is -2.11. The molecule has 228 valence electrons. The maximum absolute atomic E-state index is 12.6. The topological polar surface area (TPSA) is 108 Å². The van der Waals surface area contributed by atoms with E-state index in [0.29, 0.717) is 62.1 Å². The first-order valence-electron chi connectivity index (χ1n) is 13.7. The molecule has 0 unspecified atom stereocenters. The van der Waals surface area contributed by atoms with Gasteiger partial charge < -0.3 is 23.8 Å². The van der Waals surface area contributed by atoms with Crippen molar-refractivity contribution in [3.05, 3.63) is 109 Å². The molecule has 3 aromatic rings. The molecule has 0 N–H and O–H groups in total. The Hall–Kier alpha value is -4.64. The second-order valence-electron chi connectivity index (χ2n) is 9.00. The third-order valence-electron chi connectivity index (χ3n) is 5.62. The van der Waals surface area contributed by atoms with E-state index in [1.165, 1.54) is 0 Å². The maximum Gasteiger partial charge on any atom is 0.343 e. The highest BCUT2D eigenvalue weighted by Gasteiger charge is 2.11. The second-order valence-corrected chi connectivity index (χ2v) is 9.00. The quantitative estimate of drug-likeness (QED) is 0.0289. The standard InChI is InChI=1S/C33H36O10/c1-4-18-39-40-22-7-20-37-28-12-8-26(9-13-28)24-41-43-31-17-16-30(23-25(31)3)42-33(35)27-10-14-29(15-11-27)36-19-6-21-38-32(34)5-2/h4-5,8-17,23H,1-2,6-7,18-22,24H2,3H3. The lowest BCUT2D eigenvalue weighted by Crippen LogP contribution is -2.09. The summed E-state index contributed by atoms with van der Waals surface area (Å²) < 4.78 is 21.7. The van der Waals surface area contributed by atoms with Gasteiger partial charge in [0.25, 0.3) is 0 Å². The Labute approximate surface area is 251 Å². The molecule has 43 heavy (non-hydrogen) atoms. The van der Waals surface area contributed by atoms with Gasteiger partial charge in [-0.25, -0.2) is 19.4 Å². The zero-order chi connectivity index (χ0) is 30.7. The highest BCUT2D eigenvalue weighted by Crippen LogP contribution is 2.25. The smallest absolute Gasteiger partial charge is 0.343 e. The number of hydrogen-bond acceptors (Lipinski definition) is 10.